The second-order valence-electron chi connectivity index (χ2n) is 6.19. The minimum absolute atomic E-state index is 0.137. The molecule has 1 fully saturated rings. The van der Waals surface area contributed by atoms with Gasteiger partial charge in [-0.3, -0.25) is 4.79 Å². The molecule has 5 nitrogen and oxygen atoms in total. The molecule has 0 bridgehead atoms. The lowest BCUT2D eigenvalue weighted by Crippen LogP contribution is -2.31. The van der Waals surface area contributed by atoms with Crippen molar-refractivity contribution in [3.8, 4) is 0 Å². The average molecular weight is 276 g/mol. The van der Waals surface area contributed by atoms with E-state index in [1.165, 1.54) is 30.1 Å². The van der Waals surface area contributed by atoms with Crippen molar-refractivity contribution in [1.29, 1.82) is 0 Å². The van der Waals surface area contributed by atoms with Crippen molar-refractivity contribution in [2.45, 2.75) is 64.6 Å². The highest BCUT2D eigenvalue weighted by molar-refractivity contribution is 5.76. The summed E-state index contributed by atoms with van der Waals surface area (Å²) >= 11 is 0. The number of imidazole rings is 1. The Kier molecular flexibility index (Phi) is 3.78. The highest BCUT2D eigenvalue weighted by atomic mass is 16.1. The Hall–Kier alpha value is -1.36. The number of aromatic nitrogens is 2. The van der Waals surface area contributed by atoms with Gasteiger partial charge in [-0.05, 0) is 26.7 Å². The van der Waals surface area contributed by atoms with E-state index >= 15 is 0 Å². The van der Waals surface area contributed by atoms with Gasteiger partial charge in [-0.1, -0.05) is 0 Å². The molecule has 1 aliphatic carbocycles. The van der Waals surface area contributed by atoms with E-state index < -0.39 is 0 Å². The Morgan fingerprint density at radius 3 is 3.00 bits per heavy atom. The molecule has 1 aromatic heterocycles. The average Bonchev–Trinajstić information content (AvgIpc) is 3.17. The highest BCUT2D eigenvalue weighted by Gasteiger charge is 2.31. The third-order valence-electron chi connectivity index (χ3n) is 3.97. The second kappa shape index (κ2) is 5.56. The molecule has 5 heteroatoms. The van der Waals surface area contributed by atoms with Crippen LogP contribution < -0.4 is 10.6 Å². The van der Waals surface area contributed by atoms with Crippen LogP contribution in [0.5, 0.6) is 0 Å². The van der Waals surface area contributed by atoms with E-state index in [1.54, 1.807) is 0 Å². The molecule has 1 saturated carbocycles. The fraction of sp³-hybridized carbons (Fsp3) is 0.733. The number of carbonyl (C=O) groups excluding carboxylic acids is 1. The summed E-state index contributed by atoms with van der Waals surface area (Å²) < 4.78 is 2.33. The van der Waals surface area contributed by atoms with Gasteiger partial charge in [0, 0.05) is 50.1 Å². The summed E-state index contributed by atoms with van der Waals surface area (Å²) in [5, 5.41) is 6.34. The molecule has 0 aromatic carbocycles. The van der Waals surface area contributed by atoms with Crippen LogP contribution in [0, 0.1) is 0 Å². The van der Waals surface area contributed by atoms with Crippen LogP contribution in [-0.4, -0.2) is 28.0 Å². The molecule has 1 aromatic rings. The van der Waals surface area contributed by atoms with E-state index in [0.29, 0.717) is 12.3 Å². The third-order valence-corrected chi connectivity index (χ3v) is 3.97. The summed E-state index contributed by atoms with van der Waals surface area (Å²) in [6, 6.07) is 0.214. The molecule has 1 aliphatic heterocycles. The fourth-order valence-electron chi connectivity index (χ4n) is 2.90. The largest absolute Gasteiger partial charge is 0.354 e. The number of nitrogens with one attached hydrogen (secondary N) is 2. The molecule has 0 spiro atoms. The first-order chi connectivity index (χ1) is 9.65. The topological polar surface area (TPSA) is 59.0 Å². The maximum absolute atomic E-state index is 11.9. The monoisotopic (exact) mass is 276 g/mol. The van der Waals surface area contributed by atoms with Gasteiger partial charge in [0.2, 0.25) is 5.91 Å². The summed E-state index contributed by atoms with van der Waals surface area (Å²) in [5.41, 5.74) is 2.55. The molecule has 1 amide bonds. The standard InChI is InChI=1S/C15H24N4O/c1-10(2)17-14(20)6-8-19-13-5-7-16-9-12(13)18-15(19)11-3-4-11/h10-11,16H,3-9H2,1-2H3,(H,17,20). The summed E-state index contributed by atoms with van der Waals surface area (Å²) in [7, 11) is 0. The number of carbonyl (C=O) groups is 1. The van der Waals surface area contributed by atoms with Gasteiger partial charge in [-0.25, -0.2) is 4.98 Å². The number of rotatable bonds is 5. The maximum atomic E-state index is 11.9. The first kappa shape index (κ1) is 13.6. The first-order valence-corrected chi connectivity index (χ1v) is 7.73. The van der Waals surface area contributed by atoms with Gasteiger partial charge >= 0.3 is 0 Å². The van der Waals surface area contributed by atoms with Gasteiger partial charge in [0.05, 0.1) is 5.69 Å². The van der Waals surface area contributed by atoms with Crippen LogP contribution in [0.1, 0.15) is 56.2 Å². The predicted molar refractivity (Wildman–Crippen MR) is 77.5 cm³/mol. The lowest BCUT2D eigenvalue weighted by Gasteiger charge is -2.16. The van der Waals surface area contributed by atoms with Gasteiger partial charge in [0.1, 0.15) is 5.82 Å². The van der Waals surface area contributed by atoms with Crippen molar-refractivity contribution < 1.29 is 4.79 Å². The first-order valence-electron chi connectivity index (χ1n) is 7.73. The Labute approximate surface area is 120 Å². The van der Waals surface area contributed by atoms with E-state index in [-0.39, 0.29) is 11.9 Å². The molecule has 0 atom stereocenters. The van der Waals surface area contributed by atoms with Crippen molar-refractivity contribution in [1.82, 2.24) is 20.2 Å². The molecule has 20 heavy (non-hydrogen) atoms. The Morgan fingerprint density at radius 1 is 1.50 bits per heavy atom. The van der Waals surface area contributed by atoms with E-state index in [4.69, 9.17) is 4.98 Å². The SMILES string of the molecule is CC(C)NC(=O)CCn1c(C2CC2)nc2c1CCNC2. The van der Waals surface area contributed by atoms with E-state index in [2.05, 4.69) is 15.2 Å². The van der Waals surface area contributed by atoms with Gasteiger partial charge in [0.25, 0.3) is 0 Å². The van der Waals surface area contributed by atoms with Crippen molar-refractivity contribution in [3.63, 3.8) is 0 Å². The zero-order chi connectivity index (χ0) is 14.1. The highest BCUT2D eigenvalue weighted by Crippen LogP contribution is 2.40. The van der Waals surface area contributed by atoms with Crippen LogP contribution in [0.15, 0.2) is 0 Å². The van der Waals surface area contributed by atoms with E-state index in [1.807, 2.05) is 13.8 Å². The summed E-state index contributed by atoms with van der Waals surface area (Å²) in [6.07, 6.45) is 4.08. The summed E-state index contributed by atoms with van der Waals surface area (Å²) in [5.74, 6) is 1.99. The van der Waals surface area contributed by atoms with Crippen LogP contribution in [0.2, 0.25) is 0 Å². The molecular weight excluding hydrogens is 252 g/mol. The quantitative estimate of drug-likeness (QED) is 0.853. The molecule has 0 unspecified atom stereocenters. The lowest BCUT2D eigenvalue weighted by atomic mass is 10.2. The van der Waals surface area contributed by atoms with Crippen molar-refractivity contribution in [3.05, 3.63) is 17.2 Å². The van der Waals surface area contributed by atoms with Gasteiger partial charge in [0.15, 0.2) is 0 Å². The molecule has 2 aliphatic rings. The number of amides is 1. The van der Waals surface area contributed by atoms with Gasteiger partial charge < -0.3 is 15.2 Å². The zero-order valence-electron chi connectivity index (χ0n) is 12.4. The Balaban J connectivity index is 1.74. The molecular formula is C15H24N4O. The molecule has 0 radical (unpaired) electrons. The van der Waals surface area contributed by atoms with Crippen LogP contribution >= 0.6 is 0 Å². The number of hydrogen-bond donors (Lipinski definition) is 2. The van der Waals surface area contributed by atoms with Gasteiger partial charge in [-0.2, -0.15) is 0 Å². The Morgan fingerprint density at radius 2 is 2.30 bits per heavy atom. The van der Waals surface area contributed by atoms with Crippen LogP contribution in [0.3, 0.4) is 0 Å². The normalized spacial score (nSPS) is 18.1. The van der Waals surface area contributed by atoms with Crippen LogP contribution in [0.25, 0.3) is 0 Å². The Bertz CT molecular complexity index is 502. The smallest absolute Gasteiger partial charge is 0.221 e. The number of hydrogen-bond acceptors (Lipinski definition) is 3. The minimum atomic E-state index is 0.137. The van der Waals surface area contributed by atoms with Crippen LogP contribution in [0.4, 0.5) is 0 Å². The third kappa shape index (κ3) is 2.87. The molecule has 2 N–H and O–H groups in total. The summed E-state index contributed by atoms with van der Waals surface area (Å²) in [4.78, 5) is 16.7. The lowest BCUT2D eigenvalue weighted by molar-refractivity contribution is -0.121. The van der Waals surface area contributed by atoms with E-state index in [0.717, 1.165) is 26.1 Å². The molecule has 3 rings (SSSR count). The maximum Gasteiger partial charge on any atom is 0.221 e. The summed E-state index contributed by atoms with van der Waals surface area (Å²) in [6.45, 7) is 6.66. The van der Waals surface area contributed by atoms with Crippen molar-refractivity contribution >= 4 is 5.91 Å². The van der Waals surface area contributed by atoms with Crippen LogP contribution in [-0.2, 0) is 24.3 Å². The van der Waals surface area contributed by atoms with Crippen molar-refractivity contribution in [2.24, 2.45) is 0 Å². The molecule has 0 saturated heterocycles. The predicted octanol–water partition coefficient (Wildman–Crippen LogP) is 1.32. The second-order valence-corrected chi connectivity index (χ2v) is 6.19. The van der Waals surface area contributed by atoms with Crippen molar-refractivity contribution in [2.75, 3.05) is 6.54 Å². The zero-order valence-corrected chi connectivity index (χ0v) is 12.4. The minimum Gasteiger partial charge on any atom is -0.354 e. The fourth-order valence-corrected chi connectivity index (χ4v) is 2.90. The molecule has 110 valence electrons. The van der Waals surface area contributed by atoms with E-state index in [9.17, 15) is 4.79 Å². The van der Waals surface area contributed by atoms with Gasteiger partial charge in [-0.15, -0.1) is 0 Å². The molecule has 2 heterocycles. The number of fused-ring (bicyclic) bond motifs is 1. The number of nitrogens with zero attached hydrogens (tertiary/aromatic N) is 2.